The molecule has 0 aliphatic carbocycles. The van der Waals surface area contributed by atoms with Gasteiger partial charge < -0.3 is 15.3 Å². The molecule has 0 atom stereocenters. The van der Waals surface area contributed by atoms with E-state index in [2.05, 4.69) is 28.9 Å². The standard InChI is InChI=1S/C26H24BN3O3S2/c1-2-29-19-7-3-5-9-22(19)34-25(29)12-11-21(32)18(17-31)15-26-30(14-13-28-24(33)16-27)20-8-4-6-10-23(20)35-26/h3-12,15,17H,2,13-14,16H2,1H3,(H-,28,31,32,33)/p+1. The van der Waals surface area contributed by atoms with Crippen LogP contribution in [0.2, 0.25) is 6.32 Å². The summed E-state index contributed by atoms with van der Waals surface area (Å²) in [4.78, 5) is 27.6. The number of anilines is 1. The Morgan fingerprint density at radius 3 is 2.71 bits per heavy atom. The van der Waals surface area contributed by atoms with Crippen molar-refractivity contribution in [2.45, 2.75) is 24.7 Å². The molecule has 176 valence electrons. The highest BCUT2D eigenvalue weighted by atomic mass is 32.2. The molecule has 2 heterocycles. The Labute approximate surface area is 214 Å². The first-order valence-corrected chi connectivity index (χ1v) is 12.9. The van der Waals surface area contributed by atoms with Crippen molar-refractivity contribution in [1.29, 1.82) is 0 Å². The molecule has 0 spiro atoms. The summed E-state index contributed by atoms with van der Waals surface area (Å²) < 4.78 is 3.31. The van der Waals surface area contributed by atoms with E-state index in [4.69, 9.17) is 7.85 Å². The van der Waals surface area contributed by atoms with Gasteiger partial charge in [0, 0.05) is 30.1 Å². The van der Waals surface area contributed by atoms with Gasteiger partial charge in [-0.15, -0.1) is 0 Å². The average molecular weight is 502 g/mol. The molecule has 4 rings (SSSR count). The molecular formula is C26H25BN3O3S2+. The van der Waals surface area contributed by atoms with Crippen LogP contribution in [0, 0.1) is 0 Å². The van der Waals surface area contributed by atoms with Crippen molar-refractivity contribution in [1.82, 2.24) is 5.32 Å². The van der Waals surface area contributed by atoms with Crippen LogP contribution in [0.3, 0.4) is 0 Å². The maximum Gasteiger partial charge on any atom is 0.262 e. The molecule has 0 saturated heterocycles. The number of benzene rings is 2. The summed E-state index contributed by atoms with van der Waals surface area (Å²) in [6.45, 7) is 3.76. The molecule has 3 aromatic rings. The second kappa shape index (κ2) is 11.4. The summed E-state index contributed by atoms with van der Waals surface area (Å²) in [5.41, 5.74) is 2.29. The molecule has 1 aliphatic heterocycles. The van der Waals surface area contributed by atoms with Crippen LogP contribution in [0.15, 0.2) is 82.4 Å². The van der Waals surface area contributed by atoms with E-state index in [0.717, 1.165) is 43.6 Å². The summed E-state index contributed by atoms with van der Waals surface area (Å²) >= 11 is 3.13. The smallest absolute Gasteiger partial charge is 0.262 e. The van der Waals surface area contributed by atoms with Crippen LogP contribution < -0.4 is 14.8 Å². The fourth-order valence-electron chi connectivity index (χ4n) is 3.82. The molecule has 2 radical (unpaired) electrons. The highest BCUT2D eigenvalue weighted by molar-refractivity contribution is 8.03. The first-order valence-electron chi connectivity index (χ1n) is 11.3. The Hall–Kier alpha value is -3.30. The molecule has 2 aromatic carbocycles. The lowest BCUT2D eigenvalue weighted by Crippen LogP contribution is -2.33. The third-order valence-electron chi connectivity index (χ3n) is 5.51. The Morgan fingerprint density at radius 1 is 1.17 bits per heavy atom. The van der Waals surface area contributed by atoms with Crippen LogP contribution in [0.25, 0.3) is 16.3 Å². The Morgan fingerprint density at radius 2 is 1.94 bits per heavy atom. The van der Waals surface area contributed by atoms with Crippen molar-refractivity contribution < 1.29 is 19.3 Å². The molecule has 1 aliphatic rings. The number of aryl methyl sites for hydroxylation is 1. The minimum atomic E-state index is -0.298. The van der Waals surface area contributed by atoms with Crippen molar-refractivity contribution in [3.05, 3.63) is 82.6 Å². The second-order valence-corrected chi connectivity index (χ2v) is 9.82. The lowest BCUT2D eigenvalue weighted by molar-refractivity contribution is -0.665. The molecule has 1 aromatic heterocycles. The van der Waals surface area contributed by atoms with E-state index in [0.29, 0.717) is 13.1 Å². The number of nitrogens with one attached hydrogen (secondary N) is 1. The predicted octanol–water partition coefficient (Wildman–Crippen LogP) is 4.39. The largest absolute Gasteiger partial charge is 0.515 e. The summed E-state index contributed by atoms with van der Waals surface area (Å²) in [5, 5.41) is 14.4. The first kappa shape index (κ1) is 24.8. The minimum Gasteiger partial charge on any atom is -0.515 e. The molecule has 0 saturated carbocycles. The lowest BCUT2D eigenvalue weighted by atomic mass is 10.1. The normalized spacial score (nSPS) is 14.7. The second-order valence-electron chi connectivity index (χ2n) is 7.69. The number of aliphatic hydroxyl groups excluding tert-OH is 1. The number of hydrogen-bond acceptors (Lipinski definition) is 6. The zero-order chi connectivity index (χ0) is 24.8. The number of para-hydroxylation sites is 2. The van der Waals surface area contributed by atoms with E-state index < -0.39 is 0 Å². The number of allylic oxidation sites excluding steroid dienone is 3. The number of carbonyl (C=O) groups excluding carboxylic acids is 2. The van der Waals surface area contributed by atoms with Crippen LogP contribution in [0.1, 0.15) is 11.9 Å². The van der Waals surface area contributed by atoms with E-state index in [-0.39, 0.29) is 23.6 Å². The van der Waals surface area contributed by atoms with Crippen LogP contribution >= 0.6 is 23.1 Å². The monoisotopic (exact) mass is 502 g/mol. The zero-order valence-corrected chi connectivity index (χ0v) is 20.9. The third kappa shape index (κ3) is 5.52. The number of nitrogens with zero attached hydrogens (tertiary/aromatic N) is 2. The number of aliphatic hydroxyl groups is 1. The molecule has 0 bridgehead atoms. The van der Waals surface area contributed by atoms with Crippen LogP contribution in [-0.2, 0) is 16.1 Å². The quantitative estimate of drug-likeness (QED) is 0.197. The Balaban J connectivity index is 1.56. The fourth-order valence-corrected chi connectivity index (χ4v) is 6.09. The van der Waals surface area contributed by atoms with Gasteiger partial charge in [-0.2, -0.15) is 4.57 Å². The number of fused-ring (bicyclic) bond motifs is 2. The maximum absolute atomic E-state index is 13.0. The molecule has 35 heavy (non-hydrogen) atoms. The van der Waals surface area contributed by atoms with Crippen LogP contribution in [0.4, 0.5) is 5.69 Å². The van der Waals surface area contributed by atoms with Crippen molar-refractivity contribution in [2.24, 2.45) is 0 Å². The number of rotatable bonds is 9. The fraction of sp³-hybridized carbons (Fsp3) is 0.192. The van der Waals surface area contributed by atoms with Crippen LogP contribution in [0.5, 0.6) is 0 Å². The first-order chi connectivity index (χ1) is 17.0. The van der Waals surface area contributed by atoms with E-state index >= 15 is 0 Å². The van der Waals surface area contributed by atoms with Crippen molar-refractivity contribution >= 4 is 64.6 Å². The molecule has 0 fully saturated rings. The van der Waals surface area contributed by atoms with Gasteiger partial charge in [-0.25, -0.2) is 0 Å². The summed E-state index contributed by atoms with van der Waals surface area (Å²) in [5.74, 6) is -0.523. The highest BCUT2D eigenvalue weighted by Crippen LogP contribution is 2.45. The predicted molar refractivity (Wildman–Crippen MR) is 144 cm³/mol. The molecule has 0 unspecified atom stereocenters. The number of aromatic nitrogens is 1. The topological polar surface area (TPSA) is 73.5 Å². The van der Waals surface area contributed by atoms with Gasteiger partial charge in [0.1, 0.15) is 11.2 Å². The van der Waals surface area contributed by atoms with Crippen molar-refractivity contribution in [3.8, 4) is 0 Å². The number of thiazole rings is 1. The number of thioether (sulfide) groups is 1. The van der Waals surface area contributed by atoms with Gasteiger partial charge in [0.15, 0.2) is 5.78 Å². The van der Waals surface area contributed by atoms with E-state index in [1.165, 1.54) is 17.8 Å². The Kier molecular flexibility index (Phi) is 8.10. The van der Waals surface area contributed by atoms with E-state index in [1.54, 1.807) is 23.5 Å². The summed E-state index contributed by atoms with van der Waals surface area (Å²) in [6.07, 6.45) is 5.76. The number of hydrogen-bond donors (Lipinski definition) is 2. The van der Waals surface area contributed by atoms with Gasteiger partial charge in [-0.1, -0.05) is 47.4 Å². The maximum atomic E-state index is 13.0. The van der Waals surface area contributed by atoms with Gasteiger partial charge in [0.25, 0.3) is 5.01 Å². The number of carbonyl (C=O) groups is 2. The van der Waals surface area contributed by atoms with E-state index in [1.807, 2.05) is 41.3 Å². The average Bonchev–Trinajstić information content (AvgIpc) is 3.42. The van der Waals surface area contributed by atoms with Crippen LogP contribution in [-0.4, -0.2) is 37.7 Å². The summed E-state index contributed by atoms with van der Waals surface area (Å²) in [6, 6.07) is 16.0. The third-order valence-corrected chi connectivity index (χ3v) is 7.76. The number of ketones is 1. The van der Waals surface area contributed by atoms with Gasteiger partial charge in [0.05, 0.1) is 30.4 Å². The summed E-state index contributed by atoms with van der Waals surface area (Å²) in [7, 11) is 5.38. The highest BCUT2D eigenvalue weighted by Gasteiger charge is 2.25. The van der Waals surface area contributed by atoms with Gasteiger partial charge in [0.2, 0.25) is 11.4 Å². The molecule has 2 N–H and O–H groups in total. The molecule has 1 amide bonds. The molecule has 6 nitrogen and oxygen atoms in total. The zero-order valence-electron chi connectivity index (χ0n) is 19.3. The SMILES string of the molecule is [B]CC(=O)NCCN1C(=CC(=CO)C(=O)C=Cc2sc3ccccc3[n+]2CC)Sc2ccccc21. The Bertz CT molecular complexity index is 1350. The van der Waals surface area contributed by atoms with Crippen molar-refractivity contribution in [3.63, 3.8) is 0 Å². The number of amides is 1. The van der Waals surface area contributed by atoms with Gasteiger partial charge in [-0.3, -0.25) is 9.59 Å². The molecular weight excluding hydrogens is 477 g/mol. The van der Waals surface area contributed by atoms with Gasteiger partial charge >= 0.3 is 0 Å². The van der Waals surface area contributed by atoms with Crippen molar-refractivity contribution in [2.75, 3.05) is 18.0 Å². The minimum absolute atomic E-state index is 0.0654. The molecule has 9 heteroatoms. The lowest BCUT2D eigenvalue weighted by Gasteiger charge is -2.21. The van der Waals surface area contributed by atoms with E-state index in [9.17, 15) is 14.7 Å². The van der Waals surface area contributed by atoms with Gasteiger partial charge in [-0.05, 0) is 43.6 Å².